The van der Waals surface area contributed by atoms with Gasteiger partial charge in [-0.1, -0.05) is 37.3 Å². The Morgan fingerprint density at radius 1 is 1.17 bits per heavy atom. The zero-order valence-corrected chi connectivity index (χ0v) is 17.1. The first-order chi connectivity index (χ1) is 14.5. The molecule has 0 spiro atoms. The molecule has 0 atom stereocenters. The first-order valence-corrected chi connectivity index (χ1v) is 9.95. The van der Waals surface area contributed by atoms with E-state index < -0.39 is 0 Å². The average molecular weight is 407 g/mol. The number of rotatable bonds is 4. The molecule has 8 heteroatoms. The van der Waals surface area contributed by atoms with Gasteiger partial charge in [0.2, 0.25) is 5.88 Å². The van der Waals surface area contributed by atoms with Crippen LogP contribution in [0.3, 0.4) is 0 Å². The Morgan fingerprint density at radius 3 is 2.57 bits per heavy atom. The van der Waals surface area contributed by atoms with Gasteiger partial charge in [-0.25, -0.2) is 19.7 Å². The molecule has 0 bridgehead atoms. The fourth-order valence-corrected chi connectivity index (χ4v) is 3.62. The molecule has 0 aliphatic carbocycles. The summed E-state index contributed by atoms with van der Waals surface area (Å²) in [6.07, 6.45) is 4.79. The molecule has 2 amide bonds. The number of aliphatic hydroxyl groups excluding tert-OH is 1. The first kappa shape index (κ1) is 20.0. The molecule has 3 heterocycles. The van der Waals surface area contributed by atoms with Gasteiger partial charge in [0, 0.05) is 31.5 Å². The van der Waals surface area contributed by atoms with Crippen LogP contribution in [-0.4, -0.2) is 57.8 Å². The number of likely N-dealkylation sites (tertiary alicyclic amines) is 1. The van der Waals surface area contributed by atoms with Crippen molar-refractivity contribution in [2.24, 2.45) is 5.41 Å². The number of benzene rings is 1. The second kappa shape index (κ2) is 8.23. The number of aliphatic hydroxyl groups is 1. The molecule has 8 nitrogen and oxygen atoms in total. The van der Waals surface area contributed by atoms with Crippen LogP contribution in [0.15, 0.2) is 42.7 Å². The lowest BCUT2D eigenvalue weighted by Crippen LogP contribution is -2.45. The van der Waals surface area contributed by atoms with Gasteiger partial charge in [0.05, 0.1) is 13.3 Å². The Balaban J connectivity index is 1.60. The fourth-order valence-electron chi connectivity index (χ4n) is 3.62. The highest BCUT2D eigenvalue weighted by molar-refractivity contribution is 5.95. The van der Waals surface area contributed by atoms with Gasteiger partial charge in [-0.3, -0.25) is 5.32 Å². The second-order valence-corrected chi connectivity index (χ2v) is 7.89. The van der Waals surface area contributed by atoms with Gasteiger partial charge in [0.15, 0.2) is 11.3 Å². The predicted molar refractivity (Wildman–Crippen MR) is 114 cm³/mol. The number of carbonyl (C=O) groups excluding carboxylic acids is 1. The number of aromatic nitrogens is 3. The minimum atomic E-state index is -0.227. The number of ether oxygens (including phenoxy) is 1. The van der Waals surface area contributed by atoms with Crippen LogP contribution in [0.1, 0.15) is 19.8 Å². The molecule has 2 aromatic heterocycles. The maximum atomic E-state index is 12.7. The average Bonchev–Trinajstić information content (AvgIpc) is 2.79. The van der Waals surface area contributed by atoms with Crippen LogP contribution in [0.5, 0.6) is 5.88 Å². The Bertz CT molecular complexity index is 1050. The summed E-state index contributed by atoms with van der Waals surface area (Å²) in [6.45, 7) is 3.36. The summed E-state index contributed by atoms with van der Waals surface area (Å²) in [5.74, 6) is 0.693. The molecule has 4 rings (SSSR count). The van der Waals surface area contributed by atoms with Crippen LogP contribution in [0.4, 0.5) is 10.6 Å². The summed E-state index contributed by atoms with van der Waals surface area (Å²) in [4.78, 5) is 27.9. The minimum absolute atomic E-state index is 0.119. The Morgan fingerprint density at radius 2 is 1.90 bits per heavy atom. The highest BCUT2D eigenvalue weighted by Gasteiger charge is 2.31. The molecule has 0 saturated carbocycles. The topological polar surface area (TPSA) is 100 Å². The van der Waals surface area contributed by atoms with Crippen LogP contribution in [-0.2, 0) is 0 Å². The van der Waals surface area contributed by atoms with Crippen molar-refractivity contribution in [1.29, 1.82) is 0 Å². The van der Waals surface area contributed by atoms with Gasteiger partial charge in [-0.15, -0.1) is 0 Å². The third kappa shape index (κ3) is 3.91. The Hall–Kier alpha value is -3.26. The highest BCUT2D eigenvalue weighted by atomic mass is 16.5. The van der Waals surface area contributed by atoms with Crippen molar-refractivity contribution in [2.75, 3.05) is 32.1 Å². The lowest BCUT2D eigenvalue weighted by atomic mass is 9.81. The van der Waals surface area contributed by atoms with Crippen molar-refractivity contribution in [3.8, 4) is 17.0 Å². The molecule has 1 aromatic carbocycles. The molecule has 0 radical (unpaired) electrons. The van der Waals surface area contributed by atoms with Crippen molar-refractivity contribution in [1.82, 2.24) is 19.9 Å². The predicted octanol–water partition coefficient (Wildman–Crippen LogP) is 3.33. The molecule has 0 unspecified atom stereocenters. The van der Waals surface area contributed by atoms with E-state index in [1.54, 1.807) is 17.3 Å². The maximum absolute atomic E-state index is 12.7. The molecule has 3 aromatic rings. The number of methoxy groups -OCH3 is 1. The van der Waals surface area contributed by atoms with E-state index in [1.165, 1.54) is 7.11 Å². The van der Waals surface area contributed by atoms with Crippen molar-refractivity contribution < 1.29 is 14.6 Å². The number of fused-ring (bicyclic) bond motifs is 1. The molecule has 156 valence electrons. The summed E-state index contributed by atoms with van der Waals surface area (Å²) in [5, 5.41) is 12.3. The summed E-state index contributed by atoms with van der Waals surface area (Å²) < 4.78 is 5.37. The number of hydrogen-bond acceptors (Lipinski definition) is 6. The molecule has 1 fully saturated rings. The van der Waals surface area contributed by atoms with Crippen LogP contribution >= 0.6 is 0 Å². The minimum Gasteiger partial charge on any atom is -0.479 e. The zero-order chi connectivity index (χ0) is 21.1. The number of nitrogens with zero attached hydrogens (tertiary/aromatic N) is 4. The van der Waals surface area contributed by atoms with Gasteiger partial charge in [-0.05, 0) is 23.8 Å². The normalized spacial score (nSPS) is 15.8. The number of piperidine rings is 1. The Kier molecular flexibility index (Phi) is 5.50. The molecule has 2 N–H and O–H groups in total. The highest BCUT2D eigenvalue weighted by Crippen LogP contribution is 2.32. The van der Waals surface area contributed by atoms with E-state index in [-0.39, 0.29) is 18.1 Å². The van der Waals surface area contributed by atoms with Crippen molar-refractivity contribution in [3.63, 3.8) is 0 Å². The summed E-state index contributed by atoms with van der Waals surface area (Å²) >= 11 is 0. The number of anilines is 1. The third-order valence-electron chi connectivity index (χ3n) is 5.69. The molecular formula is C22H25N5O3. The molecule has 1 aliphatic rings. The van der Waals surface area contributed by atoms with Crippen LogP contribution < -0.4 is 10.1 Å². The molecule has 30 heavy (non-hydrogen) atoms. The number of urea groups is 1. The van der Waals surface area contributed by atoms with E-state index in [0.717, 1.165) is 24.0 Å². The number of hydrogen-bond donors (Lipinski definition) is 2. The summed E-state index contributed by atoms with van der Waals surface area (Å²) in [5.41, 5.74) is 2.85. The molecule has 1 saturated heterocycles. The molecular weight excluding hydrogens is 382 g/mol. The van der Waals surface area contributed by atoms with Crippen molar-refractivity contribution >= 4 is 22.9 Å². The molecule has 1 aliphatic heterocycles. The first-order valence-electron chi connectivity index (χ1n) is 9.95. The van der Waals surface area contributed by atoms with Gasteiger partial charge in [0.25, 0.3) is 0 Å². The van der Waals surface area contributed by atoms with E-state index in [9.17, 15) is 9.90 Å². The SMILES string of the molecule is COc1ncc(-c2ccccc2)c2ncc(NC(=O)N3CCC(C)(CO)CC3)nc12. The van der Waals surface area contributed by atoms with E-state index in [4.69, 9.17) is 4.74 Å². The van der Waals surface area contributed by atoms with Crippen LogP contribution in [0, 0.1) is 5.41 Å². The lowest BCUT2D eigenvalue weighted by molar-refractivity contribution is 0.0727. The van der Waals surface area contributed by atoms with Crippen molar-refractivity contribution in [3.05, 3.63) is 42.7 Å². The monoisotopic (exact) mass is 407 g/mol. The van der Waals surface area contributed by atoms with Gasteiger partial charge < -0.3 is 14.7 Å². The largest absolute Gasteiger partial charge is 0.479 e. The van der Waals surface area contributed by atoms with Crippen LogP contribution in [0.25, 0.3) is 22.2 Å². The lowest BCUT2D eigenvalue weighted by Gasteiger charge is -2.37. The van der Waals surface area contributed by atoms with Gasteiger partial charge in [0.1, 0.15) is 5.52 Å². The summed E-state index contributed by atoms with van der Waals surface area (Å²) in [7, 11) is 1.53. The summed E-state index contributed by atoms with van der Waals surface area (Å²) in [6, 6.07) is 9.59. The third-order valence-corrected chi connectivity index (χ3v) is 5.69. The van der Waals surface area contributed by atoms with Crippen molar-refractivity contribution in [2.45, 2.75) is 19.8 Å². The second-order valence-electron chi connectivity index (χ2n) is 7.89. The maximum Gasteiger partial charge on any atom is 0.323 e. The number of pyridine rings is 1. The van der Waals surface area contributed by atoms with E-state index in [0.29, 0.717) is 35.8 Å². The smallest absolute Gasteiger partial charge is 0.323 e. The fraction of sp³-hybridized carbons (Fsp3) is 0.364. The van der Waals surface area contributed by atoms with Gasteiger partial charge >= 0.3 is 6.03 Å². The number of amides is 2. The Labute approximate surface area is 174 Å². The van der Waals surface area contributed by atoms with E-state index >= 15 is 0 Å². The zero-order valence-electron chi connectivity index (χ0n) is 17.1. The van der Waals surface area contributed by atoms with Gasteiger partial charge in [-0.2, -0.15) is 0 Å². The number of nitrogens with one attached hydrogen (secondary N) is 1. The standard InChI is InChI=1S/C22H25N5O3/c1-22(14-28)8-10-27(11-9-22)21(29)26-17-13-23-18-16(15-6-4-3-5-7-15)12-24-20(30-2)19(18)25-17/h3-7,12-13,28H,8-11,14H2,1-2H3,(H,25,26,29). The van der Waals surface area contributed by atoms with E-state index in [1.807, 2.05) is 37.3 Å². The number of carbonyl (C=O) groups is 1. The quantitative estimate of drug-likeness (QED) is 0.688. The van der Waals surface area contributed by atoms with Crippen LogP contribution in [0.2, 0.25) is 0 Å². The van der Waals surface area contributed by atoms with E-state index in [2.05, 4.69) is 20.3 Å².